The molecule has 1 heterocycles. The molecule has 0 aliphatic carbocycles. The lowest BCUT2D eigenvalue weighted by Gasteiger charge is -2.16. The maximum Gasteiger partial charge on any atom is 0.336 e. The molecule has 0 saturated carbocycles. The van der Waals surface area contributed by atoms with Crippen LogP contribution in [0.15, 0.2) is 14.4 Å². The van der Waals surface area contributed by atoms with Gasteiger partial charge in [0.2, 0.25) is 0 Å². The summed E-state index contributed by atoms with van der Waals surface area (Å²) in [6.45, 7) is 7.86. The van der Waals surface area contributed by atoms with Crippen LogP contribution in [0.2, 0.25) is 0 Å². The molecule has 0 aliphatic heterocycles. The van der Waals surface area contributed by atoms with E-state index in [2.05, 4.69) is 0 Å². The third kappa shape index (κ3) is 2.47. The van der Waals surface area contributed by atoms with Gasteiger partial charge in [-0.25, -0.2) is 28.1 Å². The summed E-state index contributed by atoms with van der Waals surface area (Å²) in [5.74, 6) is 0.165. The summed E-state index contributed by atoms with van der Waals surface area (Å²) in [5, 5.41) is 0. The van der Waals surface area contributed by atoms with Crippen molar-refractivity contribution >= 4 is 0 Å². The fourth-order valence-electron chi connectivity index (χ4n) is 1.80. The molecule has 0 fully saturated rings. The molecule has 0 radical (unpaired) electrons. The van der Waals surface area contributed by atoms with Gasteiger partial charge in [-0.1, -0.05) is 20.8 Å². The SMILES string of the molecule is CCC(C)n1c(=O)n(C)c(=O)n(CC(C)C)c1=O. The van der Waals surface area contributed by atoms with Crippen molar-refractivity contribution < 1.29 is 0 Å². The minimum atomic E-state index is -0.543. The Labute approximate surface area is 105 Å². The first-order valence-corrected chi connectivity index (χ1v) is 6.23. The van der Waals surface area contributed by atoms with Crippen LogP contribution in [0, 0.1) is 5.92 Å². The molecule has 1 atom stereocenters. The zero-order valence-electron chi connectivity index (χ0n) is 11.6. The Morgan fingerprint density at radius 1 is 1.00 bits per heavy atom. The van der Waals surface area contributed by atoms with Crippen molar-refractivity contribution in [3.63, 3.8) is 0 Å². The summed E-state index contributed by atoms with van der Waals surface area (Å²) in [5.41, 5.74) is -1.59. The van der Waals surface area contributed by atoms with Gasteiger partial charge in [0.05, 0.1) is 0 Å². The van der Waals surface area contributed by atoms with Gasteiger partial charge >= 0.3 is 17.1 Å². The van der Waals surface area contributed by atoms with Crippen LogP contribution in [-0.4, -0.2) is 13.7 Å². The number of hydrogen-bond acceptors (Lipinski definition) is 3. The van der Waals surface area contributed by atoms with E-state index in [1.54, 1.807) is 6.92 Å². The van der Waals surface area contributed by atoms with Crippen molar-refractivity contribution in [2.45, 2.75) is 46.7 Å². The van der Waals surface area contributed by atoms with Crippen LogP contribution in [0.1, 0.15) is 40.2 Å². The van der Waals surface area contributed by atoms with E-state index in [-0.39, 0.29) is 12.0 Å². The second kappa shape index (κ2) is 5.37. The minimum Gasteiger partial charge on any atom is -0.248 e. The molecule has 0 N–H and O–H groups in total. The highest BCUT2D eigenvalue weighted by molar-refractivity contribution is 4.81. The molecule has 0 saturated heterocycles. The Morgan fingerprint density at radius 2 is 1.56 bits per heavy atom. The maximum atomic E-state index is 12.2. The molecule has 1 aromatic rings. The molecule has 0 amide bonds. The van der Waals surface area contributed by atoms with E-state index < -0.39 is 17.1 Å². The number of nitrogens with zero attached hydrogens (tertiary/aromatic N) is 3. The third-order valence-electron chi connectivity index (χ3n) is 3.03. The molecule has 6 nitrogen and oxygen atoms in total. The van der Waals surface area contributed by atoms with Crippen molar-refractivity contribution in [3.05, 3.63) is 31.5 Å². The summed E-state index contributed by atoms with van der Waals surface area (Å²) in [7, 11) is 1.40. The van der Waals surface area contributed by atoms with Crippen LogP contribution in [0.25, 0.3) is 0 Å². The quantitative estimate of drug-likeness (QED) is 0.779. The van der Waals surface area contributed by atoms with E-state index in [1.807, 2.05) is 20.8 Å². The lowest BCUT2D eigenvalue weighted by molar-refractivity contribution is 0.388. The van der Waals surface area contributed by atoms with Crippen LogP contribution in [0.4, 0.5) is 0 Å². The number of aromatic nitrogens is 3. The van der Waals surface area contributed by atoms with Gasteiger partial charge in [0.15, 0.2) is 0 Å². The van der Waals surface area contributed by atoms with Crippen molar-refractivity contribution in [1.29, 1.82) is 0 Å². The normalized spacial score (nSPS) is 13.0. The van der Waals surface area contributed by atoms with Crippen LogP contribution >= 0.6 is 0 Å². The second-order valence-corrected chi connectivity index (χ2v) is 5.04. The monoisotopic (exact) mass is 255 g/mol. The van der Waals surface area contributed by atoms with E-state index in [0.717, 1.165) is 13.7 Å². The van der Waals surface area contributed by atoms with Gasteiger partial charge in [-0.05, 0) is 19.3 Å². The van der Waals surface area contributed by atoms with Crippen molar-refractivity contribution in [2.24, 2.45) is 13.0 Å². The molecule has 0 bridgehead atoms. The lowest BCUT2D eigenvalue weighted by Crippen LogP contribution is -2.54. The van der Waals surface area contributed by atoms with Gasteiger partial charge in [-0.15, -0.1) is 0 Å². The molecular formula is C12H21N3O3. The Kier molecular flexibility index (Phi) is 4.32. The lowest BCUT2D eigenvalue weighted by atomic mass is 10.2. The average molecular weight is 255 g/mol. The van der Waals surface area contributed by atoms with E-state index in [1.165, 1.54) is 7.05 Å². The zero-order valence-corrected chi connectivity index (χ0v) is 11.6. The van der Waals surface area contributed by atoms with Crippen molar-refractivity contribution in [1.82, 2.24) is 13.7 Å². The maximum absolute atomic E-state index is 12.2. The molecule has 18 heavy (non-hydrogen) atoms. The first kappa shape index (κ1) is 14.5. The summed E-state index contributed by atoms with van der Waals surface area (Å²) >= 11 is 0. The molecule has 6 heteroatoms. The van der Waals surface area contributed by atoms with E-state index in [0.29, 0.717) is 13.0 Å². The summed E-state index contributed by atoms with van der Waals surface area (Å²) in [6, 6.07) is -0.213. The largest absolute Gasteiger partial charge is 0.336 e. The van der Waals surface area contributed by atoms with Crippen LogP contribution in [0.3, 0.4) is 0 Å². The van der Waals surface area contributed by atoms with Gasteiger partial charge in [-0.2, -0.15) is 0 Å². The van der Waals surface area contributed by atoms with Crippen molar-refractivity contribution in [2.75, 3.05) is 0 Å². The predicted molar refractivity (Wildman–Crippen MR) is 70.0 cm³/mol. The zero-order chi connectivity index (χ0) is 14.0. The molecule has 1 aromatic heterocycles. The van der Waals surface area contributed by atoms with E-state index in [4.69, 9.17) is 0 Å². The molecule has 1 rings (SSSR count). The van der Waals surface area contributed by atoms with Gasteiger partial charge in [0.1, 0.15) is 0 Å². The van der Waals surface area contributed by atoms with E-state index >= 15 is 0 Å². The van der Waals surface area contributed by atoms with Crippen molar-refractivity contribution in [3.8, 4) is 0 Å². The number of hydrogen-bond donors (Lipinski definition) is 0. The van der Waals surface area contributed by atoms with Crippen LogP contribution < -0.4 is 17.1 Å². The van der Waals surface area contributed by atoms with Crippen LogP contribution in [0.5, 0.6) is 0 Å². The Bertz CT molecular complexity index is 592. The smallest absolute Gasteiger partial charge is 0.248 e. The molecular weight excluding hydrogens is 234 g/mol. The second-order valence-electron chi connectivity index (χ2n) is 5.04. The standard InChI is InChI=1S/C12H21N3O3/c1-6-9(4)15-11(17)13(5)10(16)14(12(15)18)7-8(2)3/h8-9H,6-7H2,1-5H3. The Morgan fingerprint density at radius 3 is 2.00 bits per heavy atom. The number of rotatable bonds is 4. The molecule has 1 unspecified atom stereocenters. The Hall–Kier alpha value is -1.59. The van der Waals surface area contributed by atoms with Crippen LogP contribution in [-0.2, 0) is 13.6 Å². The highest BCUT2D eigenvalue weighted by Crippen LogP contribution is 2.02. The third-order valence-corrected chi connectivity index (χ3v) is 3.03. The highest BCUT2D eigenvalue weighted by atomic mass is 16.2. The van der Waals surface area contributed by atoms with Gasteiger partial charge in [0.25, 0.3) is 0 Å². The average Bonchev–Trinajstić information content (AvgIpc) is 2.31. The molecule has 0 aromatic carbocycles. The topological polar surface area (TPSA) is 66.0 Å². The summed E-state index contributed by atoms with van der Waals surface area (Å²) < 4.78 is 3.29. The highest BCUT2D eigenvalue weighted by Gasteiger charge is 2.16. The molecule has 0 spiro atoms. The minimum absolute atomic E-state index is 0.165. The molecule has 102 valence electrons. The van der Waals surface area contributed by atoms with Gasteiger partial charge < -0.3 is 0 Å². The predicted octanol–water partition coefficient (Wildman–Crippen LogP) is 0.336. The Balaban J connectivity index is 3.66. The van der Waals surface area contributed by atoms with E-state index in [9.17, 15) is 14.4 Å². The fourth-order valence-corrected chi connectivity index (χ4v) is 1.80. The first-order valence-electron chi connectivity index (χ1n) is 6.23. The fraction of sp³-hybridized carbons (Fsp3) is 0.750. The molecule has 0 aliphatic rings. The summed E-state index contributed by atoms with van der Waals surface area (Å²) in [4.78, 5) is 36.1. The van der Waals surface area contributed by atoms with Gasteiger partial charge in [-0.3, -0.25) is 0 Å². The summed E-state index contributed by atoms with van der Waals surface area (Å²) in [6.07, 6.45) is 0.662. The first-order chi connectivity index (χ1) is 8.31. The van der Waals surface area contributed by atoms with Gasteiger partial charge in [0, 0.05) is 19.6 Å².